The molecule has 0 saturated heterocycles. The van der Waals surface area contributed by atoms with E-state index < -0.39 is 11.5 Å². The maximum absolute atomic E-state index is 13.0. The Morgan fingerprint density at radius 2 is 1.97 bits per heavy atom. The number of nitrogens with two attached hydrogens (primary N) is 1. The molecule has 0 unspecified atom stereocenters. The Morgan fingerprint density at radius 1 is 1.20 bits per heavy atom. The first-order chi connectivity index (χ1) is 16.9. The highest BCUT2D eigenvalue weighted by Gasteiger charge is 2.16. The summed E-state index contributed by atoms with van der Waals surface area (Å²) >= 11 is 12.3. The van der Waals surface area contributed by atoms with Gasteiger partial charge in [-0.05, 0) is 36.6 Å². The number of nitrogens with zero attached hydrogens (tertiary/aromatic N) is 2. The predicted molar refractivity (Wildman–Crippen MR) is 139 cm³/mol. The van der Waals surface area contributed by atoms with Crippen LogP contribution in [-0.2, 0) is 24.3 Å². The van der Waals surface area contributed by atoms with Gasteiger partial charge >= 0.3 is 0 Å². The number of amides is 1. The van der Waals surface area contributed by atoms with Crippen LogP contribution >= 0.6 is 23.2 Å². The third-order valence-electron chi connectivity index (χ3n) is 5.22. The molecular weight excluding hydrogens is 489 g/mol. The molecule has 3 aromatic rings. The lowest BCUT2D eigenvalue weighted by atomic mass is 10.1. The zero-order chi connectivity index (χ0) is 25.2. The molecule has 2 aromatic carbocycles. The van der Waals surface area contributed by atoms with Crippen LogP contribution in [0.4, 0.5) is 5.82 Å². The van der Waals surface area contributed by atoms with Crippen molar-refractivity contribution in [1.29, 1.82) is 0 Å². The van der Waals surface area contributed by atoms with Gasteiger partial charge in [-0.25, -0.2) is 4.98 Å². The van der Waals surface area contributed by atoms with Gasteiger partial charge in [-0.2, -0.15) is 0 Å². The van der Waals surface area contributed by atoms with Gasteiger partial charge in [0.15, 0.2) is 5.82 Å². The fraction of sp³-hybridized carbons (Fsp3) is 0.320. The SMILES string of the molecule is CCCOc1ccc(Cl)cc1CNC(=O)Cn1c(Cl)cnc(N[C@H](CN)Cc2ccccc2)c1=O. The largest absolute Gasteiger partial charge is 0.493 e. The van der Waals surface area contributed by atoms with Gasteiger partial charge in [-0.3, -0.25) is 14.2 Å². The first-order valence-corrected chi connectivity index (χ1v) is 12.1. The van der Waals surface area contributed by atoms with E-state index in [2.05, 4.69) is 15.6 Å². The number of aromatic nitrogens is 2. The number of rotatable bonds is 12. The van der Waals surface area contributed by atoms with Gasteiger partial charge < -0.3 is 21.1 Å². The molecule has 0 radical (unpaired) electrons. The van der Waals surface area contributed by atoms with Crippen molar-refractivity contribution in [3.05, 3.63) is 86.4 Å². The van der Waals surface area contributed by atoms with Crippen LogP contribution in [0.15, 0.2) is 59.5 Å². The van der Waals surface area contributed by atoms with E-state index in [-0.39, 0.29) is 30.1 Å². The second-order valence-electron chi connectivity index (χ2n) is 7.96. The van der Waals surface area contributed by atoms with Gasteiger partial charge in [0.2, 0.25) is 5.91 Å². The zero-order valence-corrected chi connectivity index (χ0v) is 21.0. The van der Waals surface area contributed by atoms with Crippen molar-refractivity contribution < 1.29 is 9.53 Å². The van der Waals surface area contributed by atoms with E-state index in [4.69, 9.17) is 33.7 Å². The van der Waals surface area contributed by atoms with Crippen LogP contribution in [0.2, 0.25) is 10.2 Å². The summed E-state index contributed by atoms with van der Waals surface area (Å²) in [7, 11) is 0. The first kappa shape index (κ1) is 26.5. The Hall–Kier alpha value is -3.07. The molecule has 0 saturated carbocycles. The Labute approximate surface area is 214 Å². The monoisotopic (exact) mass is 517 g/mol. The highest BCUT2D eigenvalue weighted by atomic mass is 35.5. The number of carbonyl (C=O) groups is 1. The number of benzene rings is 2. The number of hydrogen-bond donors (Lipinski definition) is 3. The van der Waals surface area contributed by atoms with E-state index in [1.807, 2.05) is 37.3 Å². The van der Waals surface area contributed by atoms with Crippen molar-refractivity contribution in [3.63, 3.8) is 0 Å². The van der Waals surface area contributed by atoms with Crippen LogP contribution in [0.5, 0.6) is 5.75 Å². The van der Waals surface area contributed by atoms with E-state index in [0.717, 1.165) is 22.1 Å². The average molecular weight is 518 g/mol. The van der Waals surface area contributed by atoms with Crippen molar-refractivity contribution in [2.75, 3.05) is 18.5 Å². The van der Waals surface area contributed by atoms with E-state index >= 15 is 0 Å². The molecule has 1 aromatic heterocycles. The summed E-state index contributed by atoms with van der Waals surface area (Å²) in [5.74, 6) is 0.333. The van der Waals surface area contributed by atoms with Crippen LogP contribution < -0.4 is 26.7 Å². The molecule has 35 heavy (non-hydrogen) atoms. The molecule has 0 fully saturated rings. The lowest BCUT2D eigenvalue weighted by Crippen LogP contribution is -2.37. The van der Waals surface area contributed by atoms with Crippen molar-refractivity contribution in [2.45, 2.75) is 38.9 Å². The van der Waals surface area contributed by atoms with Gasteiger partial charge in [0, 0.05) is 29.7 Å². The van der Waals surface area contributed by atoms with Crippen LogP contribution in [0.25, 0.3) is 0 Å². The molecule has 3 rings (SSSR count). The summed E-state index contributed by atoms with van der Waals surface area (Å²) in [4.78, 5) is 29.8. The third kappa shape index (κ3) is 7.71. The number of carbonyl (C=O) groups excluding carboxylic acids is 1. The number of hydrogen-bond acceptors (Lipinski definition) is 6. The Bertz CT molecular complexity index is 1190. The minimum atomic E-state index is -0.506. The van der Waals surface area contributed by atoms with Gasteiger partial charge in [-0.15, -0.1) is 0 Å². The second-order valence-corrected chi connectivity index (χ2v) is 8.79. The van der Waals surface area contributed by atoms with Gasteiger partial charge in [-0.1, -0.05) is 60.5 Å². The molecule has 4 N–H and O–H groups in total. The molecule has 0 aliphatic heterocycles. The summed E-state index contributed by atoms with van der Waals surface area (Å²) in [6, 6.07) is 14.8. The summed E-state index contributed by atoms with van der Waals surface area (Å²) in [6.45, 7) is 2.77. The molecule has 186 valence electrons. The molecule has 0 aliphatic rings. The third-order valence-corrected chi connectivity index (χ3v) is 5.75. The molecule has 0 bridgehead atoms. The fourth-order valence-electron chi connectivity index (χ4n) is 3.43. The average Bonchev–Trinajstić information content (AvgIpc) is 2.86. The normalized spacial score (nSPS) is 11.7. The van der Waals surface area contributed by atoms with E-state index in [0.29, 0.717) is 30.3 Å². The van der Waals surface area contributed by atoms with Gasteiger partial charge in [0.1, 0.15) is 17.4 Å². The molecule has 1 atom stereocenters. The lowest BCUT2D eigenvalue weighted by Gasteiger charge is -2.18. The van der Waals surface area contributed by atoms with Crippen molar-refractivity contribution in [1.82, 2.24) is 14.9 Å². The van der Waals surface area contributed by atoms with Crippen LogP contribution in [0, 0.1) is 0 Å². The highest BCUT2D eigenvalue weighted by Crippen LogP contribution is 2.23. The first-order valence-electron chi connectivity index (χ1n) is 11.3. The molecular formula is C25H29Cl2N5O3. The second kappa shape index (κ2) is 13.1. The quantitative estimate of drug-likeness (QED) is 0.338. The predicted octanol–water partition coefficient (Wildman–Crippen LogP) is 3.64. The number of anilines is 1. The molecule has 0 spiro atoms. The zero-order valence-electron chi connectivity index (χ0n) is 19.5. The minimum Gasteiger partial charge on any atom is -0.493 e. The van der Waals surface area contributed by atoms with E-state index in [9.17, 15) is 9.59 Å². The smallest absolute Gasteiger partial charge is 0.294 e. The van der Waals surface area contributed by atoms with Crippen molar-refractivity contribution in [3.8, 4) is 5.75 Å². The number of halogens is 2. The van der Waals surface area contributed by atoms with Gasteiger partial charge in [0.05, 0.1) is 12.8 Å². The van der Waals surface area contributed by atoms with Gasteiger partial charge in [0.25, 0.3) is 5.56 Å². The van der Waals surface area contributed by atoms with Crippen LogP contribution in [-0.4, -0.2) is 34.7 Å². The molecule has 1 heterocycles. The number of ether oxygens (including phenoxy) is 1. The molecule has 1 amide bonds. The fourth-order valence-corrected chi connectivity index (χ4v) is 3.81. The van der Waals surface area contributed by atoms with Crippen LogP contribution in [0.3, 0.4) is 0 Å². The minimum absolute atomic E-state index is 0.0535. The van der Waals surface area contributed by atoms with Crippen molar-refractivity contribution >= 4 is 34.9 Å². The van der Waals surface area contributed by atoms with E-state index in [1.54, 1.807) is 18.2 Å². The summed E-state index contributed by atoms with van der Waals surface area (Å²) < 4.78 is 6.88. The Balaban J connectivity index is 1.68. The van der Waals surface area contributed by atoms with E-state index in [1.165, 1.54) is 6.20 Å². The highest BCUT2D eigenvalue weighted by molar-refractivity contribution is 6.30. The number of nitrogens with one attached hydrogen (secondary N) is 2. The summed E-state index contributed by atoms with van der Waals surface area (Å²) in [6.07, 6.45) is 2.80. The Morgan fingerprint density at radius 3 is 2.69 bits per heavy atom. The standard InChI is InChI=1S/C25H29Cl2N5O3/c1-2-10-35-21-9-8-19(26)12-18(21)14-29-23(33)16-32-22(27)15-30-24(25(32)34)31-20(13-28)11-17-6-4-3-5-7-17/h3-9,12,15,20H,2,10-11,13-14,16,28H2,1H3,(H,29,33)(H,30,31)/t20-/m0/s1. The summed E-state index contributed by atoms with van der Waals surface area (Å²) in [5.41, 5.74) is 7.21. The van der Waals surface area contributed by atoms with Crippen molar-refractivity contribution in [2.24, 2.45) is 5.73 Å². The molecule has 10 heteroatoms. The maximum atomic E-state index is 13.0. The topological polar surface area (TPSA) is 111 Å². The molecule has 8 nitrogen and oxygen atoms in total. The maximum Gasteiger partial charge on any atom is 0.294 e. The molecule has 0 aliphatic carbocycles. The lowest BCUT2D eigenvalue weighted by molar-refractivity contribution is -0.121. The van der Waals surface area contributed by atoms with Crippen LogP contribution in [0.1, 0.15) is 24.5 Å². The summed E-state index contributed by atoms with van der Waals surface area (Å²) in [5, 5.41) is 6.47. The Kier molecular flexibility index (Phi) is 9.96.